The lowest BCUT2D eigenvalue weighted by Gasteiger charge is -2.21. The molecule has 0 bridgehead atoms. The average Bonchev–Trinajstić information content (AvgIpc) is 2.49. The van der Waals surface area contributed by atoms with Gasteiger partial charge in [0.15, 0.2) is 0 Å². The molecule has 0 radical (unpaired) electrons. The molecule has 0 saturated heterocycles. The minimum atomic E-state index is -0.991. The van der Waals surface area contributed by atoms with Crippen LogP contribution >= 0.6 is 11.8 Å². The molecular weight excluding hydrogens is 388 g/mol. The van der Waals surface area contributed by atoms with Crippen molar-refractivity contribution in [3.8, 4) is 0 Å². The van der Waals surface area contributed by atoms with Crippen LogP contribution in [-0.2, 0) is 33.3 Å². The maximum Gasteiger partial charge on any atom is 0.370 e. The molecule has 0 unspecified atom stereocenters. The first-order valence-corrected chi connectivity index (χ1v) is 10.1. The van der Waals surface area contributed by atoms with Crippen molar-refractivity contribution in [3.05, 3.63) is 0 Å². The van der Waals surface area contributed by atoms with E-state index in [1.807, 2.05) is 0 Å². The van der Waals surface area contributed by atoms with Crippen LogP contribution in [0.2, 0.25) is 0 Å². The minimum absolute atomic E-state index is 0.0618. The second-order valence-electron chi connectivity index (χ2n) is 8.26. The van der Waals surface area contributed by atoms with Gasteiger partial charge in [0.2, 0.25) is 12.6 Å². The van der Waals surface area contributed by atoms with Gasteiger partial charge in [0.05, 0.1) is 10.8 Å². The van der Waals surface area contributed by atoms with Crippen LogP contribution < -0.4 is 0 Å². The maximum atomic E-state index is 11.7. The fraction of sp³-hybridized carbons (Fsp3) is 0.789. The van der Waals surface area contributed by atoms with Gasteiger partial charge < -0.3 is 18.9 Å². The zero-order chi connectivity index (χ0) is 22.1. The molecule has 28 heavy (non-hydrogen) atoms. The molecule has 0 rings (SSSR count). The quantitative estimate of drug-likeness (QED) is 0.326. The van der Waals surface area contributed by atoms with Gasteiger partial charge in [-0.15, -0.1) is 0 Å². The molecule has 0 aromatic rings. The van der Waals surface area contributed by atoms with Crippen molar-refractivity contribution in [3.63, 3.8) is 0 Å². The molecule has 2 atom stereocenters. The highest BCUT2D eigenvalue weighted by Gasteiger charge is 2.27. The third-order valence-electron chi connectivity index (χ3n) is 3.08. The average molecular weight is 421 g/mol. The van der Waals surface area contributed by atoms with Crippen molar-refractivity contribution in [2.45, 2.75) is 80.8 Å². The Morgan fingerprint density at radius 1 is 0.750 bits per heavy atom. The SMILES string of the molecule is C[C@@H](OC(=O)CCCSC(=O)O[C@H](C)OC(=O)C(C)(C)C)OC(=O)C(C)(C)C. The second kappa shape index (κ2) is 11.3. The summed E-state index contributed by atoms with van der Waals surface area (Å²) in [5.74, 6) is -1.14. The number of hydrogen-bond acceptors (Lipinski definition) is 9. The molecule has 0 heterocycles. The molecular formula is C19H32O8S. The lowest BCUT2D eigenvalue weighted by Crippen LogP contribution is -2.29. The highest BCUT2D eigenvalue weighted by molar-refractivity contribution is 8.13. The fourth-order valence-corrected chi connectivity index (χ4v) is 2.15. The van der Waals surface area contributed by atoms with Crippen molar-refractivity contribution < 1.29 is 38.1 Å². The van der Waals surface area contributed by atoms with Crippen LogP contribution in [0.25, 0.3) is 0 Å². The minimum Gasteiger partial charge on any atom is -0.425 e. The van der Waals surface area contributed by atoms with Gasteiger partial charge in [-0.1, -0.05) is 0 Å². The highest BCUT2D eigenvalue weighted by atomic mass is 32.2. The summed E-state index contributed by atoms with van der Waals surface area (Å²) in [6.07, 6.45) is -1.54. The van der Waals surface area contributed by atoms with Gasteiger partial charge in [0.25, 0.3) is 0 Å². The molecule has 0 amide bonds. The summed E-state index contributed by atoms with van der Waals surface area (Å²) in [6, 6.07) is 0. The molecule has 0 saturated carbocycles. The van der Waals surface area contributed by atoms with Crippen molar-refractivity contribution in [2.24, 2.45) is 10.8 Å². The monoisotopic (exact) mass is 420 g/mol. The first-order chi connectivity index (χ1) is 12.6. The molecule has 0 aliphatic carbocycles. The molecule has 0 aliphatic heterocycles. The normalized spacial score (nSPS) is 13.9. The number of rotatable bonds is 8. The van der Waals surface area contributed by atoms with E-state index in [4.69, 9.17) is 18.9 Å². The maximum absolute atomic E-state index is 11.7. The van der Waals surface area contributed by atoms with Crippen LogP contribution in [-0.4, -0.2) is 41.5 Å². The Morgan fingerprint density at radius 2 is 1.18 bits per heavy atom. The summed E-state index contributed by atoms with van der Waals surface area (Å²) in [7, 11) is 0. The molecule has 0 spiro atoms. The summed E-state index contributed by atoms with van der Waals surface area (Å²) >= 11 is 0.869. The van der Waals surface area contributed by atoms with Gasteiger partial charge in [-0.05, 0) is 59.7 Å². The topological polar surface area (TPSA) is 105 Å². The second-order valence-corrected chi connectivity index (χ2v) is 9.29. The van der Waals surface area contributed by atoms with E-state index < -0.39 is 46.6 Å². The van der Waals surface area contributed by atoms with E-state index in [0.29, 0.717) is 12.2 Å². The van der Waals surface area contributed by atoms with Crippen LogP contribution in [0.3, 0.4) is 0 Å². The summed E-state index contributed by atoms with van der Waals surface area (Å²) < 4.78 is 20.0. The Morgan fingerprint density at radius 3 is 1.61 bits per heavy atom. The van der Waals surface area contributed by atoms with Gasteiger partial charge in [-0.25, -0.2) is 4.79 Å². The molecule has 9 heteroatoms. The fourth-order valence-electron chi connectivity index (χ4n) is 1.49. The van der Waals surface area contributed by atoms with Gasteiger partial charge in [-0.3, -0.25) is 14.4 Å². The van der Waals surface area contributed by atoms with E-state index in [1.54, 1.807) is 41.5 Å². The molecule has 8 nitrogen and oxygen atoms in total. The summed E-state index contributed by atoms with van der Waals surface area (Å²) in [6.45, 7) is 13.1. The first-order valence-electron chi connectivity index (χ1n) is 9.08. The summed E-state index contributed by atoms with van der Waals surface area (Å²) in [4.78, 5) is 46.8. The summed E-state index contributed by atoms with van der Waals surface area (Å²) in [5, 5.41) is -0.602. The van der Waals surface area contributed by atoms with E-state index in [2.05, 4.69) is 0 Å². The number of ether oxygens (including phenoxy) is 4. The lowest BCUT2D eigenvalue weighted by molar-refractivity contribution is -0.190. The molecule has 162 valence electrons. The Kier molecular flexibility index (Phi) is 10.6. The molecule has 0 aliphatic rings. The van der Waals surface area contributed by atoms with Crippen molar-refractivity contribution in [1.29, 1.82) is 0 Å². The Hall–Kier alpha value is -1.77. The molecule has 0 N–H and O–H groups in total. The van der Waals surface area contributed by atoms with Gasteiger partial charge in [-0.2, -0.15) is 0 Å². The van der Waals surface area contributed by atoms with E-state index in [9.17, 15) is 19.2 Å². The zero-order valence-corrected chi connectivity index (χ0v) is 18.8. The molecule has 0 aromatic heterocycles. The van der Waals surface area contributed by atoms with Crippen LogP contribution in [0.1, 0.15) is 68.2 Å². The lowest BCUT2D eigenvalue weighted by atomic mass is 9.97. The van der Waals surface area contributed by atoms with Crippen LogP contribution in [0, 0.1) is 10.8 Å². The predicted octanol–water partition coefficient (Wildman–Crippen LogP) is 4.05. The largest absolute Gasteiger partial charge is 0.425 e. The molecule has 0 aromatic carbocycles. The van der Waals surface area contributed by atoms with Gasteiger partial charge in [0.1, 0.15) is 0 Å². The van der Waals surface area contributed by atoms with Crippen molar-refractivity contribution in [2.75, 3.05) is 5.75 Å². The van der Waals surface area contributed by atoms with Crippen LogP contribution in [0.4, 0.5) is 4.79 Å². The van der Waals surface area contributed by atoms with E-state index in [-0.39, 0.29) is 6.42 Å². The Bertz CT molecular complexity index is 509. The van der Waals surface area contributed by atoms with E-state index in [1.165, 1.54) is 13.8 Å². The Labute approximate surface area is 171 Å². The third kappa shape index (κ3) is 11.8. The van der Waals surface area contributed by atoms with Crippen molar-refractivity contribution >= 4 is 35.0 Å². The molecule has 0 fully saturated rings. The standard InChI is InChI=1S/C19H32O8S/c1-12(25-15(21)18(3,4)5)24-14(20)10-9-11-28-17(23)27-13(2)26-16(22)19(6,7)8/h12-13H,9-11H2,1-8H3/t12-,13+/m0/s1. The van der Waals surface area contributed by atoms with Crippen LogP contribution in [0.5, 0.6) is 0 Å². The number of thioether (sulfide) groups is 1. The summed E-state index contributed by atoms with van der Waals surface area (Å²) in [5.41, 5.74) is -1.37. The third-order valence-corrected chi connectivity index (χ3v) is 3.90. The van der Waals surface area contributed by atoms with E-state index in [0.717, 1.165) is 11.8 Å². The van der Waals surface area contributed by atoms with Crippen molar-refractivity contribution in [1.82, 2.24) is 0 Å². The zero-order valence-electron chi connectivity index (χ0n) is 18.0. The number of carbonyl (C=O) groups is 4. The smallest absolute Gasteiger partial charge is 0.370 e. The predicted molar refractivity (Wildman–Crippen MR) is 104 cm³/mol. The van der Waals surface area contributed by atoms with E-state index >= 15 is 0 Å². The highest BCUT2D eigenvalue weighted by Crippen LogP contribution is 2.19. The Balaban J connectivity index is 4.03. The number of hydrogen-bond donors (Lipinski definition) is 0. The van der Waals surface area contributed by atoms with Crippen LogP contribution in [0.15, 0.2) is 0 Å². The van der Waals surface area contributed by atoms with Gasteiger partial charge >= 0.3 is 23.2 Å². The number of esters is 3. The van der Waals surface area contributed by atoms with Gasteiger partial charge in [0, 0.05) is 26.0 Å². The number of carbonyl (C=O) groups excluding carboxylic acids is 4. The first kappa shape index (κ1) is 26.2.